The van der Waals surface area contributed by atoms with E-state index in [1.165, 1.54) is 12.1 Å². The third kappa shape index (κ3) is 4.54. The second-order valence-electron chi connectivity index (χ2n) is 5.00. The van der Waals surface area contributed by atoms with Gasteiger partial charge in [-0.2, -0.15) is 4.98 Å². The lowest BCUT2D eigenvalue weighted by atomic mass is 10.1. The Morgan fingerprint density at radius 1 is 1.04 bits per heavy atom. The van der Waals surface area contributed by atoms with Gasteiger partial charge in [-0.3, -0.25) is 0 Å². The molecule has 0 unspecified atom stereocenters. The topological polar surface area (TPSA) is 63.0 Å². The fraction of sp³-hybridized carbons (Fsp3) is 0.176. The Morgan fingerprint density at radius 2 is 1.91 bits per heavy atom. The first-order valence-corrected chi connectivity index (χ1v) is 7.37. The molecule has 0 bridgehead atoms. The standard InChI is InChI=1S/C17H17FN4O/c18-14-5-3-13(4-6-14)7-9-19-16-8-10-20-17(22-16)21-12-15-2-1-11-23-15/h1-6,8,10-11H,7,9,12H2,(H2,19,20,21,22). The number of halogens is 1. The highest BCUT2D eigenvalue weighted by molar-refractivity contribution is 5.39. The van der Waals surface area contributed by atoms with Crippen LogP contribution in [0, 0.1) is 5.82 Å². The maximum atomic E-state index is 12.8. The van der Waals surface area contributed by atoms with E-state index in [4.69, 9.17) is 4.42 Å². The van der Waals surface area contributed by atoms with Crippen LogP contribution in [-0.4, -0.2) is 16.5 Å². The zero-order valence-corrected chi connectivity index (χ0v) is 12.5. The van der Waals surface area contributed by atoms with E-state index in [9.17, 15) is 4.39 Å². The molecule has 0 saturated carbocycles. The van der Waals surface area contributed by atoms with Crippen LogP contribution in [0.5, 0.6) is 0 Å². The van der Waals surface area contributed by atoms with E-state index < -0.39 is 0 Å². The molecule has 2 N–H and O–H groups in total. The summed E-state index contributed by atoms with van der Waals surface area (Å²) in [6.45, 7) is 1.24. The monoisotopic (exact) mass is 312 g/mol. The second kappa shape index (κ2) is 7.40. The Kier molecular flexibility index (Phi) is 4.83. The molecule has 0 aliphatic rings. The minimum absolute atomic E-state index is 0.218. The van der Waals surface area contributed by atoms with Crippen LogP contribution in [0.1, 0.15) is 11.3 Å². The third-order valence-corrected chi connectivity index (χ3v) is 3.29. The second-order valence-corrected chi connectivity index (χ2v) is 5.00. The van der Waals surface area contributed by atoms with Gasteiger partial charge in [0.05, 0.1) is 12.8 Å². The number of aromatic nitrogens is 2. The van der Waals surface area contributed by atoms with E-state index in [-0.39, 0.29) is 5.82 Å². The maximum Gasteiger partial charge on any atom is 0.224 e. The molecule has 3 aromatic rings. The zero-order chi connectivity index (χ0) is 15.9. The number of anilines is 2. The SMILES string of the molecule is Fc1ccc(CCNc2ccnc(NCc3ccco3)n2)cc1. The number of benzene rings is 1. The lowest BCUT2D eigenvalue weighted by Gasteiger charge is -2.08. The van der Waals surface area contributed by atoms with Crippen molar-refractivity contribution < 1.29 is 8.81 Å². The smallest absolute Gasteiger partial charge is 0.224 e. The molecule has 0 aliphatic carbocycles. The van der Waals surface area contributed by atoms with Gasteiger partial charge >= 0.3 is 0 Å². The number of nitrogens with one attached hydrogen (secondary N) is 2. The van der Waals surface area contributed by atoms with Gasteiger partial charge in [0.1, 0.15) is 17.4 Å². The Hall–Kier alpha value is -2.89. The Morgan fingerprint density at radius 3 is 2.70 bits per heavy atom. The first-order valence-electron chi connectivity index (χ1n) is 7.37. The van der Waals surface area contributed by atoms with E-state index in [0.29, 0.717) is 19.0 Å². The summed E-state index contributed by atoms with van der Waals surface area (Å²) in [5.74, 6) is 1.88. The summed E-state index contributed by atoms with van der Waals surface area (Å²) in [6, 6.07) is 12.0. The van der Waals surface area contributed by atoms with Gasteiger partial charge in [-0.1, -0.05) is 12.1 Å². The Bertz CT molecular complexity index is 729. The Balaban J connectivity index is 1.50. The molecule has 2 heterocycles. The molecule has 118 valence electrons. The summed E-state index contributed by atoms with van der Waals surface area (Å²) < 4.78 is 18.1. The molecule has 0 aliphatic heterocycles. The van der Waals surface area contributed by atoms with Gasteiger partial charge in [0.25, 0.3) is 0 Å². The van der Waals surface area contributed by atoms with E-state index >= 15 is 0 Å². The quantitative estimate of drug-likeness (QED) is 0.699. The average molecular weight is 312 g/mol. The van der Waals surface area contributed by atoms with Crippen molar-refractivity contribution in [3.8, 4) is 0 Å². The van der Waals surface area contributed by atoms with Crippen molar-refractivity contribution in [3.05, 3.63) is 72.1 Å². The minimum Gasteiger partial charge on any atom is -0.467 e. The highest BCUT2D eigenvalue weighted by Crippen LogP contribution is 2.09. The van der Waals surface area contributed by atoms with Gasteiger partial charge < -0.3 is 15.1 Å². The summed E-state index contributed by atoms with van der Waals surface area (Å²) in [5.41, 5.74) is 1.07. The van der Waals surface area contributed by atoms with Crippen molar-refractivity contribution in [2.75, 3.05) is 17.2 Å². The van der Waals surface area contributed by atoms with E-state index in [2.05, 4.69) is 20.6 Å². The first kappa shape index (κ1) is 15.0. The first-order chi connectivity index (χ1) is 11.3. The van der Waals surface area contributed by atoms with Crippen LogP contribution >= 0.6 is 0 Å². The van der Waals surface area contributed by atoms with Crippen molar-refractivity contribution in [1.82, 2.24) is 9.97 Å². The molecule has 3 rings (SSSR count). The molecule has 2 aromatic heterocycles. The van der Waals surface area contributed by atoms with Crippen molar-refractivity contribution in [2.24, 2.45) is 0 Å². The summed E-state index contributed by atoms with van der Waals surface area (Å²) in [4.78, 5) is 8.55. The fourth-order valence-electron chi connectivity index (χ4n) is 2.11. The molecule has 0 atom stereocenters. The van der Waals surface area contributed by atoms with Crippen molar-refractivity contribution in [2.45, 2.75) is 13.0 Å². The summed E-state index contributed by atoms with van der Waals surface area (Å²) >= 11 is 0. The number of hydrogen-bond acceptors (Lipinski definition) is 5. The molecular formula is C17H17FN4O. The van der Waals surface area contributed by atoms with Gasteiger partial charge in [0.15, 0.2) is 0 Å². The minimum atomic E-state index is -0.218. The van der Waals surface area contributed by atoms with Crippen LogP contribution < -0.4 is 10.6 Å². The lowest BCUT2D eigenvalue weighted by Crippen LogP contribution is -2.09. The highest BCUT2D eigenvalue weighted by Gasteiger charge is 2.01. The molecular weight excluding hydrogens is 295 g/mol. The number of furan rings is 1. The average Bonchev–Trinajstić information content (AvgIpc) is 3.09. The van der Waals surface area contributed by atoms with Crippen LogP contribution in [0.2, 0.25) is 0 Å². The molecule has 0 spiro atoms. The summed E-state index contributed by atoms with van der Waals surface area (Å²) in [6.07, 6.45) is 4.11. The van der Waals surface area contributed by atoms with Gasteiger partial charge in [0, 0.05) is 12.7 Å². The van der Waals surface area contributed by atoms with Gasteiger partial charge in [-0.05, 0) is 42.3 Å². The molecule has 0 radical (unpaired) electrons. The van der Waals surface area contributed by atoms with Crippen LogP contribution in [0.3, 0.4) is 0 Å². The molecule has 0 saturated heterocycles. The van der Waals surface area contributed by atoms with Crippen LogP contribution in [0.15, 0.2) is 59.3 Å². The van der Waals surface area contributed by atoms with E-state index in [0.717, 1.165) is 23.6 Å². The summed E-state index contributed by atoms with van der Waals surface area (Å²) in [7, 11) is 0. The lowest BCUT2D eigenvalue weighted by molar-refractivity contribution is 0.517. The van der Waals surface area contributed by atoms with Crippen molar-refractivity contribution in [3.63, 3.8) is 0 Å². The van der Waals surface area contributed by atoms with E-state index in [1.54, 1.807) is 24.6 Å². The van der Waals surface area contributed by atoms with Gasteiger partial charge in [-0.25, -0.2) is 9.37 Å². The molecule has 5 nitrogen and oxygen atoms in total. The largest absolute Gasteiger partial charge is 0.467 e. The molecule has 23 heavy (non-hydrogen) atoms. The van der Waals surface area contributed by atoms with Crippen LogP contribution in [0.25, 0.3) is 0 Å². The number of nitrogens with zero attached hydrogens (tertiary/aromatic N) is 2. The van der Waals surface area contributed by atoms with Crippen molar-refractivity contribution in [1.29, 1.82) is 0 Å². The third-order valence-electron chi connectivity index (χ3n) is 3.29. The van der Waals surface area contributed by atoms with Gasteiger partial charge in [0.2, 0.25) is 5.95 Å². The fourth-order valence-corrected chi connectivity index (χ4v) is 2.11. The highest BCUT2D eigenvalue weighted by atomic mass is 19.1. The van der Waals surface area contributed by atoms with Crippen LogP contribution in [0.4, 0.5) is 16.2 Å². The zero-order valence-electron chi connectivity index (χ0n) is 12.5. The maximum absolute atomic E-state index is 12.8. The number of hydrogen-bond donors (Lipinski definition) is 2. The predicted octanol–water partition coefficient (Wildman–Crippen LogP) is 3.48. The normalized spacial score (nSPS) is 10.5. The van der Waals surface area contributed by atoms with Crippen molar-refractivity contribution >= 4 is 11.8 Å². The number of rotatable bonds is 7. The molecule has 1 aromatic carbocycles. The summed E-state index contributed by atoms with van der Waals surface area (Å²) in [5, 5.41) is 6.34. The van der Waals surface area contributed by atoms with E-state index in [1.807, 2.05) is 18.2 Å². The van der Waals surface area contributed by atoms with Gasteiger partial charge in [-0.15, -0.1) is 0 Å². The predicted molar refractivity (Wildman–Crippen MR) is 86.7 cm³/mol. The molecule has 0 amide bonds. The Labute approximate surface area is 133 Å². The van der Waals surface area contributed by atoms with Crippen LogP contribution in [-0.2, 0) is 13.0 Å². The molecule has 0 fully saturated rings. The molecule has 6 heteroatoms.